The summed E-state index contributed by atoms with van der Waals surface area (Å²) in [6.45, 7) is 5.31. The third-order valence-electron chi connectivity index (χ3n) is 3.17. The van der Waals surface area contributed by atoms with Crippen molar-refractivity contribution in [2.75, 3.05) is 13.1 Å². The number of nitro groups is 1. The molecule has 7 heteroatoms. The van der Waals surface area contributed by atoms with Gasteiger partial charge in [-0.15, -0.1) is 0 Å². The molecule has 0 atom stereocenters. The first-order chi connectivity index (χ1) is 10.1. The highest BCUT2D eigenvalue weighted by Crippen LogP contribution is 2.25. The van der Waals surface area contributed by atoms with Crippen LogP contribution < -0.4 is 0 Å². The number of hydrogen-bond acceptors (Lipinski definition) is 6. The average Bonchev–Trinajstić information content (AvgIpc) is 2.85. The Morgan fingerprint density at radius 1 is 1.33 bits per heavy atom. The van der Waals surface area contributed by atoms with Gasteiger partial charge in [-0.3, -0.25) is 10.1 Å². The van der Waals surface area contributed by atoms with Crippen LogP contribution in [-0.4, -0.2) is 34.6 Å². The molecule has 0 N–H and O–H groups in total. The molecule has 1 aromatic rings. The number of carbonyl (C=O) groups is 1. The lowest BCUT2D eigenvalue weighted by Gasteiger charge is -2.15. The van der Waals surface area contributed by atoms with Gasteiger partial charge in [-0.05, 0) is 19.9 Å². The molecule has 0 spiro atoms. The van der Waals surface area contributed by atoms with Crippen LogP contribution in [0.3, 0.4) is 0 Å². The van der Waals surface area contributed by atoms with Gasteiger partial charge in [-0.1, -0.05) is 17.3 Å². The van der Waals surface area contributed by atoms with E-state index in [9.17, 15) is 14.9 Å². The second-order valence-corrected chi connectivity index (χ2v) is 4.36. The molecule has 110 valence electrons. The van der Waals surface area contributed by atoms with Crippen molar-refractivity contribution in [1.82, 2.24) is 4.90 Å². The topological polar surface area (TPSA) is 85.0 Å². The lowest BCUT2D eigenvalue weighted by Crippen LogP contribution is -2.20. The summed E-state index contributed by atoms with van der Waals surface area (Å²) < 4.78 is 0. The van der Waals surface area contributed by atoms with E-state index in [0.717, 1.165) is 0 Å². The maximum Gasteiger partial charge on any atom is 0.369 e. The van der Waals surface area contributed by atoms with E-state index >= 15 is 0 Å². The molecule has 1 aromatic carbocycles. The molecule has 0 saturated carbocycles. The van der Waals surface area contributed by atoms with Crippen LogP contribution in [0.5, 0.6) is 0 Å². The van der Waals surface area contributed by atoms with Gasteiger partial charge in [-0.25, -0.2) is 4.79 Å². The van der Waals surface area contributed by atoms with Crippen molar-refractivity contribution in [1.29, 1.82) is 0 Å². The van der Waals surface area contributed by atoms with Crippen LogP contribution in [-0.2, 0) is 9.63 Å². The largest absolute Gasteiger partial charge is 0.377 e. The number of nitrogens with zero attached hydrogens (tertiary/aromatic N) is 3. The van der Waals surface area contributed by atoms with Gasteiger partial charge in [0.2, 0.25) is 0 Å². The van der Waals surface area contributed by atoms with Crippen molar-refractivity contribution in [3.05, 3.63) is 51.7 Å². The molecule has 0 fully saturated rings. The number of nitro benzene ring substituents is 1. The molecule has 0 amide bonds. The Bertz CT molecular complexity index is 633. The fourth-order valence-corrected chi connectivity index (χ4v) is 2.01. The number of benzene rings is 1. The Hall–Kier alpha value is -2.70. The molecule has 1 aliphatic heterocycles. The first-order valence-electron chi connectivity index (χ1n) is 6.57. The fourth-order valence-electron chi connectivity index (χ4n) is 2.01. The Morgan fingerprint density at radius 3 is 2.62 bits per heavy atom. The summed E-state index contributed by atoms with van der Waals surface area (Å²) in [6.07, 6.45) is 1.63. The highest BCUT2D eigenvalue weighted by molar-refractivity contribution is 6.29. The van der Waals surface area contributed by atoms with Crippen molar-refractivity contribution in [2.24, 2.45) is 5.16 Å². The van der Waals surface area contributed by atoms with E-state index in [1.807, 2.05) is 18.7 Å². The first-order valence-corrected chi connectivity index (χ1v) is 6.57. The van der Waals surface area contributed by atoms with Gasteiger partial charge in [0.25, 0.3) is 5.69 Å². The third kappa shape index (κ3) is 2.91. The molecule has 0 aromatic heterocycles. The molecule has 7 nitrogen and oxygen atoms in total. The summed E-state index contributed by atoms with van der Waals surface area (Å²) in [6, 6.07) is 6.14. The summed E-state index contributed by atoms with van der Waals surface area (Å²) in [4.78, 5) is 29.0. The molecular weight excluding hydrogens is 274 g/mol. The fraction of sp³-hybridized carbons (Fsp3) is 0.286. The molecule has 0 unspecified atom stereocenters. The quantitative estimate of drug-likeness (QED) is 0.358. The highest BCUT2D eigenvalue weighted by Gasteiger charge is 2.31. The Balaban J connectivity index is 2.48. The van der Waals surface area contributed by atoms with E-state index in [4.69, 9.17) is 0 Å². The summed E-state index contributed by atoms with van der Waals surface area (Å²) >= 11 is 0. The van der Waals surface area contributed by atoms with E-state index in [-0.39, 0.29) is 22.5 Å². The van der Waals surface area contributed by atoms with E-state index in [1.165, 1.54) is 6.07 Å². The number of para-hydroxylation sites is 1. The predicted octanol–water partition coefficient (Wildman–Crippen LogP) is 2.08. The minimum atomic E-state index is -0.602. The third-order valence-corrected chi connectivity index (χ3v) is 3.17. The molecule has 0 radical (unpaired) electrons. The van der Waals surface area contributed by atoms with Gasteiger partial charge in [0.05, 0.1) is 10.5 Å². The predicted molar refractivity (Wildman–Crippen MR) is 76.7 cm³/mol. The number of oxime groups is 1. The molecule has 0 saturated heterocycles. The van der Waals surface area contributed by atoms with Crippen LogP contribution in [0.4, 0.5) is 5.69 Å². The van der Waals surface area contributed by atoms with Crippen LogP contribution in [0.1, 0.15) is 19.4 Å². The van der Waals surface area contributed by atoms with E-state index in [1.54, 1.807) is 24.4 Å². The van der Waals surface area contributed by atoms with Gasteiger partial charge in [0, 0.05) is 25.4 Å². The number of hydrogen-bond donors (Lipinski definition) is 0. The first kappa shape index (κ1) is 14.7. The van der Waals surface area contributed by atoms with Gasteiger partial charge < -0.3 is 9.74 Å². The molecule has 21 heavy (non-hydrogen) atoms. The summed E-state index contributed by atoms with van der Waals surface area (Å²) in [5.74, 6) is -0.602. The van der Waals surface area contributed by atoms with Gasteiger partial charge in [-0.2, -0.15) is 0 Å². The second kappa shape index (κ2) is 6.17. The van der Waals surface area contributed by atoms with Gasteiger partial charge in [0.1, 0.15) is 11.3 Å². The molecule has 0 aliphatic carbocycles. The van der Waals surface area contributed by atoms with Crippen LogP contribution >= 0.6 is 0 Å². The molecule has 1 aliphatic rings. The lowest BCUT2D eigenvalue weighted by atomic mass is 10.0. The molecular formula is C14H15N3O4. The zero-order chi connectivity index (χ0) is 15.4. The normalized spacial score (nSPS) is 15.8. The monoisotopic (exact) mass is 289 g/mol. The lowest BCUT2D eigenvalue weighted by molar-refractivity contribution is -0.385. The van der Waals surface area contributed by atoms with E-state index in [2.05, 4.69) is 9.99 Å². The molecule has 2 rings (SSSR count). The minimum Gasteiger partial charge on any atom is -0.377 e. The van der Waals surface area contributed by atoms with Gasteiger partial charge >= 0.3 is 5.97 Å². The van der Waals surface area contributed by atoms with Crippen LogP contribution in [0.2, 0.25) is 0 Å². The SMILES string of the molecule is CCN(C=C1C(=O)ON=C1c1ccccc1[N+](=O)[O-])CC. The zero-order valence-corrected chi connectivity index (χ0v) is 11.8. The van der Waals surface area contributed by atoms with Crippen LogP contribution in [0, 0.1) is 10.1 Å². The Labute approximate surface area is 121 Å². The number of carbonyl (C=O) groups excluding carboxylic acids is 1. The van der Waals surface area contributed by atoms with Gasteiger partial charge in [0.15, 0.2) is 0 Å². The van der Waals surface area contributed by atoms with E-state index < -0.39 is 10.9 Å². The smallest absolute Gasteiger partial charge is 0.369 e. The number of rotatable bonds is 5. The Morgan fingerprint density at radius 2 is 2.00 bits per heavy atom. The van der Waals surface area contributed by atoms with Crippen LogP contribution in [0.15, 0.2) is 41.2 Å². The zero-order valence-electron chi connectivity index (χ0n) is 11.8. The van der Waals surface area contributed by atoms with E-state index in [0.29, 0.717) is 13.1 Å². The average molecular weight is 289 g/mol. The summed E-state index contributed by atoms with van der Waals surface area (Å²) in [5.41, 5.74) is 0.582. The maximum atomic E-state index is 11.8. The van der Waals surface area contributed by atoms with Crippen molar-refractivity contribution in [3.8, 4) is 0 Å². The van der Waals surface area contributed by atoms with Crippen molar-refractivity contribution >= 4 is 17.4 Å². The maximum absolute atomic E-state index is 11.8. The van der Waals surface area contributed by atoms with Crippen molar-refractivity contribution in [2.45, 2.75) is 13.8 Å². The highest BCUT2D eigenvalue weighted by atomic mass is 16.7. The van der Waals surface area contributed by atoms with Crippen LogP contribution in [0.25, 0.3) is 0 Å². The minimum absolute atomic E-state index is 0.111. The molecule has 1 heterocycles. The summed E-state index contributed by atoms with van der Waals surface area (Å²) in [7, 11) is 0. The van der Waals surface area contributed by atoms with Crippen molar-refractivity contribution in [3.63, 3.8) is 0 Å². The molecule has 0 bridgehead atoms. The standard InChI is InChI=1S/C14H15N3O4/c1-3-16(4-2)9-11-13(15-21-14(11)18)10-7-5-6-8-12(10)17(19)20/h5-9H,3-4H2,1-2H3. The van der Waals surface area contributed by atoms with Crippen molar-refractivity contribution < 1.29 is 14.6 Å². The second-order valence-electron chi connectivity index (χ2n) is 4.36. The Kier molecular flexibility index (Phi) is 4.32. The summed E-state index contributed by atoms with van der Waals surface area (Å²) in [5, 5.41) is 14.8.